The van der Waals surface area contributed by atoms with Crippen LogP contribution in [0.5, 0.6) is 0 Å². The van der Waals surface area contributed by atoms with E-state index in [2.05, 4.69) is 5.32 Å². The fourth-order valence-corrected chi connectivity index (χ4v) is 1.85. The Bertz CT molecular complexity index is 402. The van der Waals surface area contributed by atoms with E-state index in [9.17, 15) is 4.79 Å². The van der Waals surface area contributed by atoms with Crippen LogP contribution in [0, 0.1) is 0 Å². The first kappa shape index (κ1) is 12.0. The Kier molecular flexibility index (Phi) is 4.06. The summed E-state index contributed by atoms with van der Waals surface area (Å²) >= 11 is 5.15. The highest BCUT2D eigenvalue weighted by atomic mass is 32.1. The molecule has 5 heteroatoms. The fraction of sp³-hybridized carbons (Fsp3) is 0.333. The average Bonchev–Trinajstić information content (AvgIpc) is 2.40. The van der Waals surface area contributed by atoms with Gasteiger partial charge in [0.05, 0.1) is 13.2 Å². The van der Waals surface area contributed by atoms with Crippen LogP contribution in [0.2, 0.25) is 0 Å². The van der Waals surface area contributed by atoms with E-state index in [4.69, 9.17) is 17.0 Å². The SMILES string of the molecule is O=C(Nc1ccccc1)C(=S)N1CCOCC1. The minimum atomic E-state index is -0.229. The van der Waals surface area contributed by atoms with Crippen LogP contribution in [0.3, 0.4) is 0 Å². The van der Waals surface area contributed by atoms with Crippen molar-refractivity contribution in [1.82, 2.24) is 4.90 Å². The maximum Gasteiger partial charge on any atom is 0.283 e. The van der Waals surface area contributed by atoms with Crippen molar-refractivity contribution in [3.8, 4) is 0 Å². The molecule has 0 spiro atoms. The number of carbonyl (C=O) groups excluding carboxylic acids is 1. The molecular formula is C12H14N2O2S. The Balaban J connectivity index is 1.93. The normalized spacial score (nSPS) is 15.4. The van der Waals surface area contributed by atoms with Gasteiger partial charge in [-0.05, 0) is 12.1 Å². The summed E-state index contributed by atoms with van der Waals surface area (Å²) in [6.45, 7) is 2.61. The molecule has 0 bridgehead atoms. The van der Waals surface area contributed by atoms with Crippen molar-refractivity contribution in [2.24, 2.45) is 0 Å². The van der Waals surface area contributed by atoms with E-state index in [-0.39, 0.29) is 5.91 Å². The second-order valence-corrected chi connectivity index (χ2v) is 4.11. The van der Waals surface area contributed by atoms with Crippen LogP contribution in [0.4, 0.5) is 5.69 Å². The van der Waals surface area contributed by atoms with Gasteiger partial charge in [-0.15, -0.1) is 0 Å². The summed E-state index contributed by atoms with van der Waals surface area (Å²) in [5.74, 6) is -0.229. The van der Waals surface area contributed by atoms with Crippen molar-refractivity contribution < 1.29 is 9.53 Å². The summed E-state index contributed by atoms with van der Waals surface area (Å²) in [5.41, 5.74) is 0.758. The van der Waals surface area contributed by atoms with Gasteiger partial charge in [0.1, 0.15) is 0 Å². The molecule has 0 atom stereocenters. The molecule has 1 aromatic rings. The van der Waals surface area contributed by atoms with E-state index in [1.54, 1.807) is 0 Å². The molecule has 4 nitrogen and oxygen atoms in total. The van der Waals surface area contributed by atoms with Crippen LogP contribution in [0.25, 0.3) is 0 Å². The molecular weight excluding hydrogens is 236 g/mol. The minimum absolute atomic E-state index is 0.229. The first-order valence-electron chi connectivity index (χ1n) is 5.50. The number of para-hydroxylation sites is 1. The highest BCUT2D eigenvalue weighted by molar-refractivity contribution is 7.82. The summed E-state index contributed by atoms with van der Waals surface area (Å²) in [6, 6.07) is 9.30. The van der Waals surface area contributed by atoms with E-state index in [0.717, 1.165) is 5.69 Å². The second-order valence-electron chi connectivity index (χ2n) is 3.72. The number of anilines is 1. The summed E-state index contributed by atoms with van der Waals surface area (Å²) in [4.78, 5) is 14.1. The average molecular weight is 250 g/mol. The van der Waals surface area contributed by atoms with Gasteiger partial charge in [-0.1, -0.05) is 30.4 Å². The monoisotopic (exact) mass is 250 g/mol. The van der Waals surface area contributed by atoms with E-state index < -0.39 is 0 Å². The van der Waals surface area contributed by atoms with Crippen molar-refractivity contribution in [3.05, 3.63) is 30.3 Å². The quantitative estimate of drug-likeness (QED) is 0.763. The standard InChI is InChI=1S/C12H14N2O2S/c15-11(13-10-4-2-1-3-5-10)12(17)14-6-8-16-9-7-14/h1-5H,6-9H2,(H,13,15). The highest BCUT2D eigenvalue weighted by Crippen LogP contribution is 2.07. The number of hydrogen-bond acceptors (Lipinski definition) is 3. The Morgan fingerprint density at radius 3 is 2.53 bits per heavy atom. The van der Waals surface area contributed by atoms with Crippen molar-refractivity contribution >= 4 is 28.8 Å². The van der Waals surface area contributed by atoms with Gasteiger partial charge in [0, 0.05) is 18.8 Å². The number of benzene rings is 1. The lowest BCUT2D eigenvalue weighted by Crippen LogP contribution is -2.44. The molecule has 0 unspecified atom stereocenters. The lowest BCUT2D eigenvalue weighted by Gasteiger charge is -2.28. The number of thiocarbonyl (C=S) groups is 1. The zero-order valence-electron chi connectivity index (χ0n) is 9.39. The Hall–Kier alpha value is -1.46. The third-order valence-electron chi connectivity index (χ3n) is 2.52. The van der Waals surface area contributed by atoms with Crippen molar-refractivity contribution in [2.75, 3.05) is 31.6 Å². The number of hydrogen-bond donors (Lipinski definition) is 1. The molecule has 17 heavy (non-hydrogen) atoms. The van der Waals surface area contributed by atoms with Crippen LogP contribution < -0.4 is 5.32 Å². The minimum Gasteiger partial charge on any atom is -0.378 e. The zero-order chi connectivity index (χ0) is 12.1. The molecule has 1 N–H and O–H groups in total. The molecule has 1 aliphatic heterocycles. The zero-order valence-corrected chi connectivity index (χ0v) is 10.2. The first-order valence-corrected chi connectivity index (χ1v) is 5.91. The Morgan fingerprint density at radius 1 is 1.24 bits per heavy atom. The van der Waals surface area contributed by atoms with Gasteiger partial charge in [0.25, 0.3) is 5.91 Å². The van der Waals surface area contributed by atoms with E-state index in [1.165, 1.54) is 0 Å². The number of nitrogens with zero attached hydrogens (tertiary/aromatic N) is 1. The third kappa shape index (κ3) is 3.25. The topological polar surface area (TPSA) is 41.6 Å². The lowest BCUT2D eigenvalue weighted by atomic mass is 10.3. The van der Waals surface area contributed by atoms with E-state index in [0.29, 0.717) is 31.3 Å². The van der Waals surface area contributed by atoms with Gasteiger partial charge in [-0.3, -0.25) is 4.79 Å². The van der Waals surface area contributed by atoms with Crippen molar-refractivity contribution in [3.63, 3.8) is 0 Å². The number of morpholine rings is 1. The Morgan fingerprint density at radius 2 is 1.88 bits per heavy atom. The predicted octanol–water partition coefficient (Wildman–Crippen LogP) is 1.28. The van der Waals surface area contributed by atoms with Gasteiger partial charge in [-0.25, -0.2) is 0 Å². The van der Waals surface area contributed by atoms with Crippen molar-refractivity contribution in [2.45, 2.75) is 0 Å². The fourth-order valence-electron chi connectivity index (χ4n) is 1.62. The largest absolute Gasteiger partial charge is 0.378 e. The lowest BCUT2D eigenvalue weighted by molar-refractivity contribution is -0.111. The first-order chi connectivity index (χ1) is 8.27. The molecule has 1 heterocycles. The molecule has 0 aliphatic carbocycles. The van der Waals surface area contributed by atoms with E-state index in [1.807, 2.05) is 35.2 Å². The Labute approximate surface area is 106 Å². The maximum atomic E-state index is 11.9. The molecule has 0 radical (unpaired) electrons. The molecule has 90 valence electrons. The van der Waals surface area contributed by atoms with Gasteiger partial charge >= 0.3 is 0 Å². The smallest absolute Gasteiger partial charge is 0.283 e. The second kappa shape index (κ2) is 5.75. The number of rotatable bonds is 1. The maximum absolute atomic E-state index is 11.9. The van der Waals surface area contributed by atoms with Crippen molar-refractivity contribution in [1.29, 1.82) is 0 Å². The van der Waals surface area contributed by atoms with Crippen LogP contribution in [0.15, 0.2) is 30.3 Å². The molecule has 1 aromatic carbocycles. The predicted molar refractivity (Wildman–Crippen MR) is 70.1 cm³/mol. The number of carbonyl (C=O) groups is 1. The molecule has 0 aromatic heterocycles. The third-order valence-corrected chi connectivity index (χ3v) is 2.97. The molecule has 0 saturated carbocycles. The van der Waals surface area contributed by atoms with E-state index >= 15 is 0 Å². The molecule has 1 fully saturated rings. The van der Waals surface area contributed by atoms with Gasteiger partial charge in [0.2, 0.25) is 0 Å². The summed E-state index contributed by atoms with van der Waals surface area (Å²) in [5, 5.41) is 2.78. The van der Waals surface area contributed by atoms with Crippen LogP contribution in [-0.4, -0.2) is 42.1 Å². The summed E-state index contributed by atoms with van der Waals surface area (Å²) in [6.07, 6.45) is 0. The molecule has 2 rings (SSSR count). The number of ether oxygens (including phenoxy) is 1. The molecule has 1 saturated heterocycles. The molecule has 1 aliphatic rings. The highest BCUT2D eigenvalue weighted by Gasteiger charge is 2.19. The summed E-state index contributed by atoms with van der Waals surface area (Å²) < 4.78 is 5.21. The van der Waals surface area contributed by atoms with Gasteiger partial charge in [-0.2, -0.15) is 0 Å². The van der Waals surface area contributed by atoms with Gasteiger partial charge in [0.15, 0.2) is 4.99 Å². The number of nitrogens with one attached hydrogen (secondary N) is 1. The summed E-state index contributed by atoms with van der Waals surface area (Å²) in [7, 11) is 0. The number of amides is 1. The molecule has 1 amide bonds. The van der Waals surface area contributed by atoms with Crippen LogP contribution in [0.1, 0.15) is 0 Å². The van der Waals surface area contributed by atoms with Crippen LogP contribution in [-0.2, 0) is 9.53 Å². The van der Waals surface area contributed by atoms with Crippen LogP contribution >= 0.6 is 12.2 Å². The van der Waals surface area contributed by atoms with Gasteiger partial charge < -0.3 is 15.0 Å².